The minimum atomic E-state index is 0.785. The lowest BCUT2D eigenvalue weighted by Gasteiger charge is -2.06. The average molecular weight is 144 g/mol. The van der Waals surface area contributed by atoms with Crippen molar-refractivity contribution < 1.29 is 0 Å². The molecule has 0 amide bonds. The molecule has 0 bridgehead atoms. The lowest BCUT2D eigenvalue weighted by Crippen LogP contribution is -1.90. The molecule has 0 unspecified atom stereocenters. The van der Waals surface area contributed by atoms with E-state index < -0.39 is 0 Å². The minimum Gasteiger partial charge on any atom is -0.0537 e. The third-order valence-electron chi connectivity index (χ3n) is 2.46. The van der Waals surface area contributed by atoms with Gasteiger partial charge in [0.15, 0.2) is 0 Å². The second-order valence-electron chi connectivity index (χ2n) is 3.23. The maximum Gasteiger partial charge on any atom is -0.0146 e. The first-order valence-electron chi connectivity index (χ1n) is 4.34. The Kier molecular flexibility index (Phi) is 1.93. The maximum atomic E-state index is 3.28. The van der Waals surface area contributed by atoms with Gasteiger partial charge in [-0.15, -0.1) is 0 Å². The summed E-state index contributed by atoms with van der Waals surface area (Å²) in [5.41, 5.74) is 1.37. The van der Waals surface area contributed by atoms with Crippen molar-refractivity contribution in [2.75, 3.05) is 0 Å². The number of benzene rings is 1. The fourth-order valence-corrected chi connectivity index (χ4v) is 1.84. The summed E-state index contributed by atoms with van der Waals surface area (Å²) in [7, 11) is 0. The molecule has 0 spiro atoms. The smallest absolute Gasteiger partial charge is 0.0146 e. The fourth-order valence-electron chi connectivity index (χ4n) is 1.84. The highest BCUT2D eigenvalue weighted by molar-refractivity contribution is 5.17. The lowest BCUT2D eigenvalue weighted by molar-refractivity contribution is 0.722. The van der Waals surface area contributed by atoms with Gasteiger partial charge in [-0.25, -0.2) is 0 Å². The molecule has 1 saturated carbocycles. The summed E-state index contributed by atoms with van der Waals surface area (Å²) < 4.78 is 0. The molecular formula is C11H12. The fraction of sp³-hybridized carbons (Fsp3) is 0.455. The third-order valence-corrected chi connectivity index (χ3v) is 2.46. The number of rotatable bonds is 1. The van der Waals surface area contributed by atoms with Crippen LogP contribution in [0.4, 0.5) is 0 Å². The Morgan fingerprint density at radius 1 is 1.18 bits per heavy atom. The van der Waals surface area contributed by atoms with Crippen LogP contribution >= 0.6 is 0 Å². The summed E-state index contributed by atoms with van der Waals surface area (Å²) in [4.78, 5) is 0. The van der Waals surface area contributed by atoms with Gasteiger partial charge in [0.05, 0.1) is 0 Å². The molecule has 0 heterocycles. The molecular weight excluding hydrogens is 132 g/mol. The van der Waals surface area contributed by atoms with E-state index in [1.54, 1.807) is 0 Å². The quantitative estimate of drug-likeness (QED) is 0.568. The first-order valence-corrected chi connectivity index (χ1v) is 4.34. The molecule has 1 aromatic carbocycles. The van der Waals surface area contributed by atoms with Gasteiger partial charge in [-0.05, 0) is 36.5 Å². The van der Waals surface area contributed by atoms with Gasteiger partial charge in [0.2, 0.25) is 0 Å². The van der Waals surface area contributed by atoms with E-state index in [0.717, 1.165) is 5.92 Å². The van der Waals surface area contributed by atoms with E-state index in [4.69, 9.17) is 0 Å². The Morgan fingerprint density at radius 2 is 2.00 bits per heavy atom. The van der Waals surface area contributed by atoms with Crippen molar-refractivity contribution in [3.8, 4) is 0 Å². The zero-order valence-electron chi connectivity index (χ0n) is 6.64. The zero-order valence-corrected chi connectivity index (χ0v) is 6.64. The van der Waals surface area contributed by atoms with E-state index >= 15 is 0 Å². The molecule has 2 radical (unpaired) electrons. The first-order chi connectivity index (χ1) is 5.47. The van der Waals surface area contributed by atoms with Gasteiger partial charge < -0.3 is 0 Å². The van der Waals surface area contributed by atoms with E-state index in [9.17, 15) is 0 Å². The van der Waals surface area contributed by atoms with Gasteiger partial charge in [0, 0.05) is 0 Å². The monoisotopic (exact) mass is 144 g/mol. The molecule has 0 saturated heterocycles. The van der Waals surface area contributed by atoms with Crippen LogP contribution in [-0.2, 0) is 0 Å². The molecule has 56 valence electrons. The maximum absolute atomic E-state index is 3.28. The summed E-state index contributed by atoms with van der Waals surface area (Å²) in [6.07, 6.45) is 5.50. The molecule has 0 aromatic heterocycles. The Morgan fingerprint density at radius 3 is 2.64 bits per heavy atom. The Bertz CT molecular complexity index is 207. The van der Waals surface area contributed by atoms with Gasteiger partial charge in [-0.2, -0.15) is 0 Å². The summed E-state index contributed by atoms with van der Waals surface area (Å²) in [5.74, 6) is 0.785. The van der Waals surface area contributed by atoms with Gasteiger partial charge in [-0.1, -0.05) is 31.0 Å². The summed E-state index contributed by atoms with van der Waals surface area (Å²) in [6, 6.07) is 12.3. The highest BCUT2D eigenvalue weighted by atomic mass is 14.2. The van der Waals surface area contributed by atoms with E-state index in [0.29, 0.717) is 0 Å². The van der Waals surface area contributed by atoms with E-state index in [2.05, 4.69) is 18.2 Å². The molecule has 1 aromatic rings. The van der Waals surface area contributed by atoms with Crippen molar-refractivity contribution in [1.82, 2.24) is 0 Å². The average Bonchev–Trinajstić information content (AvgIpc) is 2.58. The van der Waals surface area contributed by atoms with E-state index in [1.165, 1.54) is 31.2 Å². The van der Waals surface area contributed by atoms with Crippen LogP contribution in [0, 0.1) is 12.1 Å². The SMILES string of the molecule is [c]1cc[c]c(C2CCCC2)c1. The zero-order chi connectivity index (χ0) is 7.52. The third kappa shape index (κ3) is 1.45. The molecule has 2 rings (SSSR count). The normalized spacial score (nSPS) is 18.9. The van der Waals surface area contributed by atoms with Crippen molar-refractivity contribution in [3.63, 3.8) is 0 Å². The van der Waals surface area contributed by atoms with Crippen molar-refractivity contribution in [2.24, 2.45) is 0 Å². The minimum absolute atomic E-state index is 0.785. The van der Waals surface area contributed by atoms with Gasteiger partial charge in [0.1, 0.15) is 0 Å². The second kappa shape index (κ2) is 3.08. The lowest BCUT2D eigenvalue weighted by atomic mass is 9.98. The summed E-state index contributed by atoms with van der Waals surface area (Å²) >= 11 is 0. The summed E-state index contributed by atoms with van der Waals surface area (Å²) in [5, 5.41) is 0. The summed E-state index contributed by atoms with van der Waals surface area (Å²) in [6.45, 7) is 0. The topological polar surface area (TPSA) is 0 Å². The van der Waals surface area contributed by atoms with Crippen LogP contribution < -0.4 is 0 Å². The molecule has 1 aliphatic carbocycles. The molecule has 0 heteroatoms. The highest BCUT2D eigenvalue weighted by Crippen LogP contribution is 2.33. The molecule has 0 atom stereocenters. The second-order valence-corrected chi connectivity index (χ2v) is 3.23. The Hall–Kier alpha value is -0.780. The Balaban J connectivity index is 2.16. The molecule has 0 nitrogen and oxygen atoms in total. The Labute approximate surface area is 68.3 Å². The van der Waals surface area contributed by atoms with Crippen molar-refractivity contribution in [2.45, 2.75) is 31.6 Å². The van der Waals surface area contributed by atoms with Crippen LogP contribution in [0.25, 0.3) is 0 Å². The highest BCUT2D eigenvalue weighted by Gasteiger charge is 2.16. The van der Waals surface area contributed by atoms with Crippen molar-refractivity contribution in [3.05, 3.63) is 35.9 Å². The van der Waals surface area contributed by atoms with E-state index in [1.807, 2.05) is 12.1 Å². The standard InChI is InChI=1S/C11H12/c1-2-6-10(7-3-1)11-8-4-5-9-11/h1-2,7,11H,4-5,8-9H2. The van der Waals surface area contributed by atoms with Gasteiger partial charge >= 0.3 is 0 Å². The predicted molar refractivity (Wildman–Crippen MR) is 45.3 cm³/mol. The van der Waals surface area contributed by atoms with Gasteiger partial charge in [-0.3, -0.25) is 0 Å². The van der Waals surface area contributed by atoms with Crippen LogP contribution in [0.3, 0.4) is 0 Å². The molecule has 1 aliphatic rings. The number of hydrogen-bond acceptors (Lipinski definition) is 0. The number of hydrogen-bond donors (Lipinski definition) is 0. The van der Waals surface area contributed by atoms with Gasteiger partial charge in [0.25, 0.3) is 0 Å². The van der Waals surface area contributed by atoms with Crippen molar-refractivity contribution >= 4 is 0 Å². The predicted octanol–water partition coefficient (Wildman–Crippen LogP) is 2.94. The molecule has 0 aliphatic heterocycles. The largest absolute Gasteiger partial charge is 0.0537 e. The van der Waals surface area contributed by atoms with Crippen LogP contribution in [0.5, 0.6) is 0 Å². The molecule has 1 fully saturated rings. The van der Waals surface area contributed by atoms with Crippen LogP contribution in [-0.4, -0.2) is 0 Å². The molecule has 0 N–H and O–H groups in total. The van der Waals surface area contributed by atoms with Crippen LogP contribution in [0.15, 0.2) is 18.2 Å². The van der Waals surface area contributed by atoms with Crippen LogP contribution in [0.2, 0.25) is 0 Å². The van der Waals surface area contributed by atoms with Crippen LogP contribution in [0.1, 0.15) is 37.2 Å². The first kappa shape index (κ1) is 6.90. The van der Waals surface area contributed by atoms with Crippen molar-refractivity contribution in [1.29, 1.82) is 0 Å². The van der Waals surface area contributed by atoms with E-state index in [-0.39, 0.29) is 0 Å². The molecule has 11 heavy (non-hydrogen) atoms.